The minimum atomic E-state index is -4.68. The molecule has 5 N–H and O–H groups in total. The molecule has 0 atom stereocenters. The van der Waals surface area contributed by atoms with Crippen LogP contribution in [0.2, 0.25) is 0 Å². The summed E-state index contributed by atoms with van der Waals surface area (Å²) in [4.78, 5) is 11.3. The summed E-state index contributed by atoms with van der Waals surface area (Å²) < 4.78 is 90.2. The predicted octanol–water partition coefficient (Wildman–Crippen LogP) is 3.63. The highest BCUT2D eigenvalue weighted by Gasteiger charge is 2.39. The molecule has 1 aliphatic heterocycles. The second-order valence-corrected chi connectivity index (χ2v) is 16.7. The van der Waals surface area contributed by atoms with E-state index in [2.05, 4.69) is 43.6 Å². The number of rotatable bonds is 10. The second-order valence-electron chi connectivity index (χ2n) is 10.1. The number of primary sulfonamides is 2. The second kappa shape index (κ2) is 18.0. The molecule has 2 aromatic heterocycles. The number of hydrogen-bond acceptors (Lipinski definition) is 11. The molecule has 4 aromatic rings. The Balaban J connectivity index is 0.000000323. The first-order valence-corrected chi connectivity index (χ1v) is 20.7. The van der Waals surface area contributed by atoms with E-state index in [-0.39, 0.29) is 22.9 Å². The van der Waals surface area contributed by atoms with Gasteiger partial charge in [0.2, 0.25) is 25.9 Å². The molecule has 0 spiro atoms. The fourth-order valence-electron chi connectivity index (χ4n) is 4.05. The number of ether oxygens (including phenoxy) is 1. The zero-order valence-corrected chi connectivity index (χ0v) is 30.5. The average Bonchev–Trinajstić information content (AvgIpc) is 3.54. The lowest BCUT2D eigenvalue weighted by atomic mass is 10.1. The van der Waals surface area contributed by atoms with Gasteiger partial charge >= 0.3 is 6.18 Å². The normalized spacial score (nSPS) is 12.9. The van der Waals surface area contributed by atoms with Crippen LogP contribution in [0, 0.1) is 19.3 Å². The van der Waals surface area contributed by atoms with Crippen LogP contribution in [0.1, 0.15) is 38.1 Å². The summed E-state index contributed by atoms with van der Waals surface area (Å²) in [6, 6.07) is 12.8. The van der Waals surface area contributed by atoms with Crippen LogP contribution in [-0.4, -0.2) is 48.7 Å². The van der Waals surface area contributed by atoms with Crippen molar-refractivity contribution >= 4 is 60.2 Å². The van der Waals surface area contributed by atoms with Crippen LogP contribution in [0.3, 0.4) is 0 Å². The molecule has 0 radical (unpaired) electrons. The maximum Gasteiger partial charge on any atom is 0.432 e. The Morgan fingerprint density at radius 2 is 1.45 bits per heavy atom. The quantitative estimate of drug-likeness (QED) is 0.199. The molecular formula is C28H31F3N8O6S6. The first kappa shape index (κ1) is 43.3. The Bertz CT molecular complexity index is 2240. The Hall–Kier alpha value is -3.89. The van der Waals surface area contributed by atoms with Crippen molar-refractivity contribution in [3.63, 3.8) is 0 Å². The van der Waals surface area contributed by atoms with Crippen LogP contribution in [0.5, 0.6) is 5.88 Å². The molecule has 14 nitrogen and oxygen atoms in total. The third-order valence-corrected chi connectivity index (χ3v) is 10.6. The van der Waals surface area contributed by atoms with Gasteiger partial charge < -0.3 is 4.74 Å². The highest BCUT2D eigenvalue weighted by atomic mass is 33.2. The zero-order chi connectivity index (χ0) is 37.3. The van der Waals surface area contributed by atoms with Crippen molar-refractivity contribution in [1.29, 1.82) is 0 Å². The molecule has 0 amide bonds. The number of nitrogens with one attached hydrogen (secondary N) is 1. The Labute approximate surface area is 307 Å². The predicted molar refractivity (Wildman–Crippen MR) is 194 cm³/mol. The third-order valence-electron chi connectivity index (χ3n) is 6.49. The van der Waals surface area contributed by atoms with Gasteiger partial charge in [0.25, 0.3) is 5.56 Å². The van der Waals surface area contributed by atoms with Gasteiger partial charge in [-0.05, 0) is 55.5 Å². The number of nitrogens with zero attached hydrogens (tertiary/aromatic N) is 5. The van der Waals surface area contributed by atoms with E-state index in [4.69, 9.17) is 21.4 Å². The molecule has 1 aliphatic rings. The van der Waals surface area contributed by atoms with Gasteiger partial charge in [-0.3, -0.25) is 9.89 Å². The molecular weight excluding hydrogens is 794 g/mol. The summed E-state index contributed by atoms with van der Waals surface area (Å²) in [5.74, 6) is 3.15. The fourth-order valence-corrected chi connectivity index (χ4v) is 5.08. The minimum absolute atomic E-state index is 0. The summed E-state index contributed by atoms with van der Waals surface area (Å²) in [5, 5.41) is 24.4. The number of aromatic nitrogens is 4. The largest absolute Gasteiger partial charge is 0.477 e. The van der Waals surface area contributed by atoms with Crippen molar-refractivity contribution in [2.24, 2.45) is 20.5 Å². The topological polar surface area (TPSA) is 210 Å². The van der Waals surface area contributed by atoms with Crippen molar-refractivity contribution in [3.05, 3.63) is 82.4 Å². The number of aryl methyl sites for hydroxylation is 1. The van der Waals surface area contributed by atoms with E-state index in [1.807, 2.05) is 18.1 Å². The fraction of sp³-hybridized carbons (Fsp3) is 0.286. The third kappa shape index (κ3) is 12.7. The monoisotopic (exact) mass is 824 g/mol. The van der Waals surface area contributed by atoms with Gasteiger partial charge in [-0.2, -0.15) is 28.5 Å². The highest BCUT2D eigenvalue weighted by molar-refractivity contribution is 8.51. The maximum absolute atomic E-state index is 12.4. The van der Waals surface area contributed by atoms with Crippen molar-refractivity contribution in [3.8, 4) is 29.6 Å². The molecule has 3 heterocycles. The molecule has 276 valence electrons. The zero-order valence-electron chi connectivity index (χ0n) is 25.6. The number of alkyl halides is 3. The SMILES string of the molecule is C.C#CCCC1(CCOc2cc(C)nn2-c2ccc(S(N)(=O)=O)cc2)N=N1.NS(=O)(=O)c1ccc(-n2[nH]c(C(F)(F)F)cc2=O)cc1.S=S=S=S. The number of halogens is 3. The number of sulfonamides is 2. The number of benzene rings is 2. The van der Waals surface area contributed by atoms with E-state index in [0.29, 0.717) is 41.8 Å². The molecule has 0 aliphatic carbocycles. The van der Waals surface area contributed by atoms with Gasteiger partial charge in [-0.25, -0.2) is 36.5 Å². The van der Waals surface area contributed by atoms with Gasteiger partial charge in [0.15, 0.2) is 5.66 Å². The first-order valence-electron chi connectivity index (χ1n) is 13.6. The first-order chi connectivity index (χ1) is 23.3. The van der Waals surface area contributed by atoms with Gasteiger partial charge in [0, 0.05) is 71.5 Å². The molecule has 0 unspecified atom stereocenters. The molecule has 0 fully saturated rings. The number of aromatic amines is 1. The van der Waals surface area contributed by atoms with E-state index in [9.17, 15) is 34.8 Å². The Morgan fingerprint density at radius 1 is 0.941 bits per heavy atom. The summed E-state index contributed by atoms with van der Waals surface area (Å²) in [7, 11) is -5.30. The molecule has 5 rings (SSSR count). The van der Waals surface area contributed by atoms with E-state index in [0.717, 1.165) is 36.4 Å². The van der Waals surface area contributed by atoms with Crippen LogP contribution in [-0.2, 0) is 66.4 Å². The van der Waals surface area contributed by atoms with Gasteiger partial charge in [-0.1, -0.05) is 7.43 Å². The summed E-state index contributed by atoms with van der Waals surface area (Å²) >= 11 is 8.66. The van der Waals surface area contributed by atoms with Crippen molar-refractivity contribution in [2.45, 2.75) is 55.2 Å². The molecule has 0 bridgehead atoms. The summed E-state index contributed by atoms with van der Waals surface area (Å²) in [6.07, 6.45) is 2.60. The molecule has 2 aromatic carbocycles. The standard InChI is InChI=1S/C17H19N5O3S.C10H8F3N3O3S.CH4.S4/c1-3-4-9-17(20-21-17)10-11-25-16-12-13(2)19-22(16)14-5-7-15(8-6-14)26(18,23)24;11-10(12,13)8-5-9(17)16(15-8)6-1-3-7(4-2-6)20(14,18)19;;1-3-4-2/h1,5-8,12H,4,9-11H2,2H3,(H2,18,23,24);1-5,15H,(H2,14,18,19);1H4;. The molecule has 0 saturated heterocycles. The van der Waals surface area contributed by atoms with Gasteiger partial charge in [-0.15, -0.1) is 12.3 Å². The van der Waals surface area contributed by atoms with Gasteiger partial charge in [0.1, 0.15) is 5.69 Å². The molecule has 23 heteroatoms. The van der Waals surface area contributed by atoms with Crippen LogP contribution in [0.4, 0.5) is 13.2 Å². The van der Waals surface area contributed by atoms with Crippen LogP contribution < -0.4 is 20.6 Å². The summed E-state index contributed by atoms with van der Waals surface area (Å²) in [6.45, 7) is 2.26. The van der Waals surface area contributed by atoms with Crippen molar-refractivity contribution < 1.29 is 34.7 Å². The number of nitrogens with two attached hydrogens (primary N) is 2. The Morgan fingerprint density at radius 3 is 1.86 bits per heavy atom. The lowest BCUT2D eigenvalue weighted by Crippen LogP contribution is -2.16. The molecule has 51 heavy (non-hydrogen) atoms. The van der Waals surface area contributed by atoms with Crippen LogP contribution >= 0.6 is 0 Å². The smallest absolute Gasteiger partial charge is 0.432 e. The lowest BCUT2D eigenvalue weighted by molar-refractivity contribution is -0.141. The summed E-state index contributed by atoms with van der Waals surface area (Å²) in [5.41, 5.74) is -1.01. The number of terminal acetylenes is 1. The van der Waals surface area contributed by atoms with Crippen LogP contribution in [0.25, 0.3) is 11.4 Å². The minimum Gasteiger partial charge on any atom is -0.477 e. The average molecular weight is 825 g/mol. The van der Waals surface area contributed by atoms with E-state index in [1.54, 1.807) is 16.8 Å². The number of H-pyrrole nitrogens is 1. The molecule has 0 saturated carbocycles. The number of hydrogen-bond donors (Lipinski definition) is 3. The van der Waals surface area contributed by atoms with E-state index >= 15 is 0 Å². The van der Waals surface area contributed by atoms with Crippen molar-refractivity contribution in [1.82, 2.24) is 19.6 Å². The van der Waals surface area contributed by atoms with Gasteiger partial charge in [0.05, 0.1) is 33.5 Å². The highest BCUT2D eigenvalue weighted by Crippen LogP contribution is 2.36. The maximum atomic E-state index is 12.4. The lowest BCUT2D eigenvalue weighted by Gasteiger charge is -2.12. The van der Waals surface area contributed by atoms with Crippen molar-refractivity contribution in [2.75, 3.05) is 6.61 Å². The van der Waals surface area contributed by atoms with E-state index < -0.39 is 43.1 Å². The van der Waals surface area contributed by atoms with E-state index in [1.165, 1.54) is 29.9 Å². The Kier molecular flexibility index (Phi) is 15.3. The van der Waals surface area contributed by atoms with Crippen LogP contribution in [0.15, 0.2) is 85.5 Å².